The van der Waals surface area contributed by atoms with Gasteiger partial charge in [0.2, 0.25) is 5.91 Å². The third-order valence-corrected chi connectivity index (χ3v) is 5.91. The van der Waals surface area contributed by atoms with Crippen LogP contribution in [0.25, 0.3) is 11.4 Å². The molecule has 1 aromatic carbocycles. The van der Waals surface area contributed by atoms with Gasteiger partial charge < -0.3 is 9.88 Å². The Bertz CT molecular complexity index is 758. The number of hydrogen-bond acceptors (Lipinski definition) is 4. The van der Waals surface area contributed by atoms with Crippen molar-refractivity contribution in [3.8, 4) is 11.4 Å². The van der Waals surface area contributed by atoms with Gasteiger partial charge in [-0.2, -0.15) is 0 Å². The van der Waals surface area contributed by atoms with E-state index in [2.05, 4.69) is 59.1 Å². The fourth-order valence-corrected chi connectivity index (χ4v) is 4.46. The molecule has 26 heavy (non-hydrogen) atoms. The molecule has 1 fully saturated rings. The second-order valence-corrected chi connectivity index (χ2v) is 8.19. The van der Waals surface area contributed by atoms with Gasteiger partial charge in [0.15, 0.2) is 11.0 Å². The van der Waals surface area contributed by atoms with Crippen molar-refractivity contribution in [3.63, 3.8) is 0 Å². The van der Waals surface area contributed by atoms with Crippen LogP contribution < -0.4 is 5.32 Å². The van der Waals surface area contributed by atoms with Crippen LogP contribution >= 0.6 is 11.8 Å². The standard InChI is InChI=1S/C20H28N4OS/c1-4-24-19(16-9-5-7-14(2)11-16)22-23-20(24)26-13-18(25)21-17-10-6-8-15(3)12-17/h5,7,9,11,15,17H,4,6,8,10,12-13H2,1-3H3,(H,21,25). The van der Waals surface area contributed by atoms with Crippen molar-refractivity contribution in [2.45, 2.75) is 64.2 Å². The lowest BCUT2D eigenvalue weighted by Crippen LogP contribution is -2.38. The highest BCUT2D eigenvalue weighted by Crippen LogP contribution is 2.26. The molecule has 1 N–H and O–H groups in total. The Labute approximate surface area is 160 Å². The lowest BCUT2D eigenvalue weighted by Gasteiger charge is -2.27. The van der Waals surface area contributed by atoms with Gasteiger partial charge in [-0.05, 0) is 38.7 Å². The van der Waals surface area contributed by atoms with E-state index in [4.69, 9.17) is 0 Å². The van der Waals surface area contributed by atoms with E-state index in [0.717, 1.165) is 35.9 Å². The van der Waals surface area contributed by atoms with E-state index in [1.54, 1.807) is 0 Å². The summed E-state index contributed by atoms with van der Waals surface area (Å²) in [6.07, 6.45) is 4.69. The van der Waals surface area contributed by atoms with E-state index in [9.17, 15) is 4.79 Å². The smallest absolute Gasteiger partial charge is 0.230 e. The molecule has 140 valence electrons. The molecule has 2 unspecified atom stereocenters. The van der Waals surface area contributed by atoms with Gasteiger partial charge in [0, 0.05) is 18.2 Å². The van der Waals surface area contributed by atoms with E-state index < -0.39 is 0 Å². The molecule has 1 saturated carbocycles. The number of carbonyl (C=O) groups is 1. The molecule has 0 spiro atoms. The maximum Gasteiger partial charge on any atom is 0.230 e. The van der Waals surface area contributed by atoms with Crippen LogP contribution in [-0.2, 0) is 11.3 Å². The molecule has 1 amide bonds. The predicted molar refractivity (Wildman–Crippen MR) is 106 cm³/mol. The minimum atomic E-state index is 0.0943. The molecule has 2 atom stereocenters. The second kappa shape index (κ2) is 8.71. The van der Waals surface area contributed by atoms with Crippen molar-refractivity contribution in [1.29, 1.82) is 0 Å². The number of nitrogens with zero attached hydrogens (tertiary/aromatic N) is 3. The first kappa shape index (κ1) is 19.0. The molecular weight excluding hydrogens is 344 g/mol. The van der Waals surface area contributed by atoms with E-state index in [0.29, 0.717) is 17.7 Å². The Balaban J connectivity index is 1.62. The zero-order chi connectivity index (χ0) is 18.5. The zero-order valence-corrected chi connectivity index (χ0v) is 16.7. The fourth-order valence-electron chi connectivity index (χ4n) is 3.64. The fraction of sp³-hybridized carbons (Fsp3) is 0.550. The van der Waals surface area contributed by atoms with Gasteiger partial charge in [-0.3, -0.25) is 4.79 Å². The number of nitrogens with one attached hydrogen (secondary N) is 1. The van der Waals surface area contributed by atoms with E-state index >= 15 is 0 Å². The number of aryl methyl sites for hydroxylation is 1. The third kappa shape index (κ3) is 4.67. The number of amides is 1. The molecule has 6 heteroatoms. The second-order valence-electron chi connectivity index (χ2n) is 7.24. The summed E-state index contributed by atoms with van der Waals surface area (Å²) in [7, 11) is 0. The summed E-state index contributed by atoms with van der Waals surface area (Å²) in [6, 6.07) is 8.60. The van der Waals surface area contributed by atoms with Crippen LogP contribution in [0.2, 0.25) is 0 Å². The highest BCUT2D eigenvalue weighted by atomic mass is 32.2. The Morgan fingerprint density at radius 3 is 2.92 bits per heavy atom. The van der Waals surface area contributed by atoms with E-state index in [1.807, 2.05) is 6.07 Å². The molecule has 0 radical (unpaired) electrons. The minimum absolute atomic E-state index is 0.0943. The normalized spacial score (nSPS) is 20.1. The lowest BCUT2D eigenvalue weighted by molar-refractivity contribution is -0.119. The predicted octanol–water partition coefficient (Wildman–Crippen LogP) is 4.06. The first-order chi connectivity index (χ1) is 12.6. The Morgan fingerprint density at radius 2 is 2.19 bits per heavy atom. The van der Waals surface area contributed by atoms with E-state index in [1.165, 1.54) is 30.2 Å². The van der Waals surface area contributed by atoms with Gasteiger partial charge in [0.1, 0.15) is 0 Å². The molecule has 3 rings (SSSR count). The van der Waals surface area contributed by atoms with E-state index in [-0.39, 0.29) is 5.91 Å². The maximum atomic E-state index is 12.3. The maximum absolute atomic E-state index is 12.3. The molecule has 1 heterocycles. The molecule has 2 aromatic rings. The number of carbonyl (C=O) groups excluding carboxylic acids is 1. The average molecular weight is 373 g/mol. The van der Waals surface area contributed by atoms with Crippen molar-refractivity contribution < 1.29 is 4.79 Å². The molecule has 0 saturated heterocycles. The van der Waals surface area contributed by atoms with Gasteiger partial charge in [-0.25, -0.2) is 0 Å². The Morgan fingerprint density at radius 1 is 1.35 bits per heavy atom. The van der Waals surface area contributed by atoms with Crippen LogP contribution in [0.3, 0.4) is 0 Å². The van der Waals surface area contributed by atoms with Gasteiger partial charge in [0.05, 0.1) is 5.75 Å². The van der Waals surface area contributed by atoms with Gasteiger partial charge in [-0.15, -0.1) is 10.2 Å². The summed E-state index contributed by atoms with van der Waals surface area (Å²) in [5.74, 6) is 2.05. The Kier molecular flexibility index (Phi) is 6.35. The zero-order valence-electron chi connectivity index (χ0n) is 15.9. The summed E-state index contributed by atoms with van der Waals surface area (Å²) >= 11 is 1.47. The molecule has 1 aliphatic carbocycles. The number of rotatable bonds is 6. The van der Waals surface area contributed by atoms with Crippen molar-refractivity contribution in [2.75, 3.05) is 5.75 Å². The monoisotopic (exact) mass is 372 g/mol. The molecule has 0 bridgehead atoms. The number of aromatic nitrogens is 3. The van der Waals surface area contributed by atoms with Crippen LogP contribution in [0.5, 0.6) is 0 Å². The highest BCUT2D eigenvalue weighted by molar-refractivity contribution is 7.99. The van der Waals surface area contributed by atoms with Crippen molar-refractivity contribution in [2.24, 2.45) is 5.92 Å². The van der Waals surface area contributed by atoms with Crippen molar-refractivity contribution in [3.05, 3.63) is 29.8 Å². The first-order valence-electron chi connectivity index (χ1n) is 9.49. The third-order valence-electron chi connectivity index (χ3n) is 4.94. The summed E-state index contributed by atoms with van der Waals surface area (Å²) in [4.78, 5) is 12.3. The average Bonchev–Trinajstić information content (AvgIpc) is 3.03. The first-order valence-corrected chi connectivity index (χ1v) is 10.5. The van der Waals surface area contributed by atoms with Crippen LogP contribution in [0.15, 0.2) is 29.4 Å². The van der Waals surface area contributed by atoms with Crippen molar-refractivity contribution >= 4 is 17.7 Å². The van der Waals surface area contributed by atoms with Crippen molar-refractivity contribution in [1.82, 2.24) is 20.1 Å². The quantitative estimate of drug-likeness (QED) is 0.777. The molecule has 5 nitrogen and oxygen atoms in total. The van der Waals surface area contributed by atoms with Gasteiger partial charge in [-0.1, -0.05) is 55.3 Å². The van der Waals surface area contributed by atoms with Gasteiger partial charge in [0.25, 0.3) is 0 Å². The molecule has 0 aliphatic heterocycles. The number of hydrogen-bond donors (Lipinski definition) is 1. The van der Waals surface area contributed by atoms with Crippen LogP contribution in [0, 0.1) is 12.8 Å². The summed E-state index contributed by atoms with van der Waals surface area (Å²) < 4.78 is 2.08. The topological polar surface area (TPSA) is 59.8 Å². The van der Waals surface area contributed by atoms with Crippen LogP contribution in [-0.4, -0.2) is 32.5 Å². The van der Waals surface area contributed by atoms with Crippen LogP contribution in [0.1, 0.15) is 45.1 Å². The summed E-state index contributed by atoms with van der Waals surface area (Å²) in [6.45, 7) is 7.20. The number of thioether (sulfide) groups is 1. The lowest BCUT2D eigenvalue weighted by atomic mass is 9.87. The highest BCUT2D eigenvalue weighted by Gasteiger charge is 2.21. The van der Waals surface area contributed by atoms with Crippen LogP contribution in [0.4, 0.5) is 0 Å². The largest absolute Gasteiger partial charge is 0.353 e. The summed E-state index contributed by atoms with van der Waals surface area (Å²) in [5.41, 5.74) is 2.26. The van der Waals surface area contributed by atoms with Gasteiger partial charge >= 0.3 is 0 Å². The molecular formula is C20H28N4OS. The molecule has 1 aromatic heterocycles. The molecule has 1 aliphatic rings. The minimum Gasteiger partial charge on any atom is -0.353 e. The summed E-state index contributed by atoms with van der Waals surface area (Å²) in [5, 5.41) is 12.7. The number of benzene rings is 1. The Hall–Kier alpha value is -1.82. The SMILES string of the molecule is CCn1c(SCC(=O)NC2CCCC(C)C2)nnc1-c1cccc(C)c1.